The first-order valence-electron chi connectivity index (χ1n) is 10.7. The number of halogens is 1. The molecule has 0 N–H and O–H groups in total. The summed E-state index contributed by atoms with van der Waals surface area (Å²) in [6, 6.07) is 15.1. The number of nitrogens with zero attached hydrogens (tertiary/aromatic N) is 2. The van der Waals surface area contributed by atoms with Crippen LogP contribution in [-0.2, 0) is 12.8 Å². The number of aryl methyl sites for hydroxylation is 1. The first-order chi connectivity index (χ1) is 14.2. The Morgan fingerprint density at radius 3 is 2.24 bits per heavy atom. The summed E-state index contributed by atoms with van der Waals surface area (Å²) < 4.78 is 12.2. The molecule has 0 spiro atoms. The highest BCUT2D eigenvalue weighted by atomic mass is 79.9. The van der Waals surface area contributed by atoms with E-state index < -0.39 is 0 Å². The molecule has 5 heteroatoms. The summed E-state index contributed by atoms with van der Waals surface area (Å²) in [4.78, 5) is 5.18. The molecular formula is C24H33BrN2O2. The summed E-state index contributed by atoms with van der Waals surface area (Å²) >= 11 is 3.63. The van der Waals surface area contributed by atoms with E-state index in [0.29, 0.717) is 6.61 Å². The Bertz CT molecular complexity index is 746. The lowest BCUT2D eigenvalue weighted by Gasteiger charge is -2.34. The van der Waals surface area contributed by atoms with Gasteiger partial charge in [0.1, 0.15) is 0 Å². The second-order valence-electron chi connectivity index (χ2n) is 7.56. The van der Waals surface area contributed by atoms with Gasteiger partial charge in [-0.15, -0.1) is 0 Å². The van der Waals surface area contributed by atoms with Crippen LogP contribution in [0.3, 0.4) is 0 Å². The van der Waals surface area contributed by atoms with Gasteiger partial charge in [-0.3, -0.25) is 0 Å². The van der Waals surface area contributed by atoms with Gasteiger partial charge < -0.3 is 19.3 Å². The monoisotopic (exact) mass is 460 g/mol. The molecule has 0 aromatic heterocycles. The molecule has 158 valence electrons. The van der Waals surface area contributed by atoms with E-state index in [2.05, 4.69) is 68.2 Å². The number of ether oxygens (including phenoxy) is 2. The van der Waals surface area contributed by atoms with E-state index in [9.17, 15) is 0 Å². The fraction of sp³-hybridized carbons (Fsp3) is 0.500. The SMILES string of the molecule is CCOc1c(Br)cc(CCN2CCN(CCCc3ccccc3)CC2)cc1OC. The van der Waals surface area contributed by atoms with Crippen molar-refractivity contribution in [1.82, 2.24) is 9.80 Å². The molecule has 0 atom stereocenters. The van der Waals surface area contributed by atoms with Crippen LogP contribution in [0.5, 0.6) is 11.5 Å². The van der Waals surface area contributed by atoms with E-state index in [1.165, 1.54) is 43.6 Å². The van der Waals surface area contributed by atoms with Crippen molar-refractivity contribution in [3.8, 4) is 11.5 Å². The van der Waals surface area contributed by atoms with Gasteiger partial charge in [0.2, 0.25) is 0 Å². The van der Waals surface area contributed by atoms with Crippen LogP contribution in [0, 0.1) is 0 Å². The number of hydrogen-bond acceptors (Lipinski definition) is 4. The third-order valence-electron chi connectivity index (χ3n) is 5.54. The third kappa shape index (κ3) is 6.73. The van der Waals surface area contributed by atoms with E-state index >= 15 is 0 Å². The third-order valence-corrected chi connectivity index (χ3v) is 6.13. The first kappa shape index (κ1) is 22.1. The van der Waals surface area contributed by atoms with Crippen molar-refractivity contribution in [3.63, 3.8) is 0 Å². The number of methoxy groups -OCH3 is 1. The molecule has 0 radical (unpaired) electrons. The Labute approximate surface area is 183 Å². The maximum Gasteiger partial charge on any atom is 0.175 e. The standard InChI is InChI=1S/C24H33BrN2O2/c1-3-29-24-22(25)18-21(19-23(24)28-2)11-13-27-16-14-26(15-17-27)12-7-10-20-8-5-4-6-9-20/h4-6,8-9,18-19H,3,7,10-17H2,1-2H3. The van der Waals surface area contributed by atoms with Crippen LogP contribution in [0.15, 0.2) is 46.9 Å². The molecule has 0 saturated carbocycles. The summed E-state index contributed by atoms with van der Waals surface area (Å²) in [5.74, 6) is 1.60. The average Bonchev–Trinajstić information content (AvgIpc) is 2.75. The molecule has 1 aliphatic rings. The normalized spacial score (nSPS) is 15.4. The maximum absolute atomic E-state index is 5.69. The Hall–Kier alpha value is -1.56. The zero-order valence-corrected chi connectivity index (χ0v) is 19.3. The van der Waals surface area contributed by atoms with E-state index in [-0.39, 0.29) is 0 Å². The van der Waals surface area contributed by atoms with Gasteiger partial charge in [-0.1, -0.05) is 30.3 Å². The van der Waals surface area contributed by atoms with Crippen LogP contribution < -0.4 is 9.47 Å². The second-order valence-corrected chi connectivity index (χ2v) is 8.42. The lowest BCUT2D eigenvalue weighted by Crippen LogP contribution is -2.47. The van der Waals surface area contributed by atoms with Crippen molar-refractivity contribution >= 4 is 15.9 Å². The van der Waals surface area contributed by atoms with Crippen LogP contribution in [0.25, 0.3) is 0 Å². The van der Waals surface area contributed by atoms with E-state index in [4.69, 9.17) is 9.47 Å². The zero-order valence-electron chi connectivity index (χ0n) is 17.7. The van der Waals surface area contributed by atoms with Crippen LogP contribution in [0.1, 0.15) is 24.5 Å². The highest BCUT2D eigenvalue weighted by molar-refractivity contribution is 9.10. The Morgan fingerprint density at radius 2 is 1.59 bits per heavy atom. The molecule has 4 nitrogen and oxygen atoms in total. The summed E-state index contributed by atoms with van der Waals surface area (Å²) in [6.07, 6.45) is 3.44. The maximum atomic E-state index is 5.69. The van der Waals surface area contributed by atoms with E-state index in [1.54, 1.807) is 7.11 Å². The molecule has 1 heterocycles. The van der Waals surface area contributed by atoms with Crippen LogP contribution >= 0.6 is 15.9 Å². The topological polar surface area (TPSA) is 24.9 Å². The van der Waals surface area contributed by atoms with Crippen molar-refractivity contribution < 1.29 is 9.47 Å². The smallest absolute Gasteiger partial charge is 0.175 e. The predicted octanol–water partition coefficient (Wildman–Crippen LogP) is 4.65. The second kappa shape index (κ2) is 11.6. The van der Waals surface area contributed by atoms with Gasteiger partial charge >= 0.3 is 0 Å². The summed E-state index contributed by atoms with van der Waals surface area (Å²) in [7, 11) is 1.70. The van der Waals surface area contributed by atoms with Gasteiger partial charge in [-0.2, -0.15) is 0 Å². The number of rotatable bonds is 10. The number of benzene rings is 2. The molecule has 0 aliphatic carbocycles. The van der Waals surface area contributed by atoms with Crippen molar-refractivity contribution in [2.45, 2.75) is 26.2 Å². The number of hydrogen-bond donors (Lipinski definition) is 0. The molecule has 0 bridgehead atoms. The summed E-state index contributed by atoms with van der Waals surface area (Å²) in [5, 5.41) is 0. The summed E-state index contributed by atoms with van der Waals surface area (Å²) in [6.45, 7) is 9.55. The van der Waals surface area contributed by atoms with Crippen molar-refractivity contribution in [1.29, 1.82) is 0 Å². The minimum atomic E-state index is 0.629. The minimum absolute atomic E-state index is 0.629. The Kier molecular flexibility index (Phi) is 8.84. The molecule has 1 fully saturated rings. The van der Waals surface area contributed by atoms with Crippen LogP contribution in [0.2, 0.25) is 0 Å². The average molecular weight is 461 g/mol. The fourth-order valence-electron chi connectivity index (χ4n) is 3.88. The lowest BCUT2D eigenvalue weighted by atomic mass is 10.1. The molecule has 0 unspecified atom stereocenters. The minimum Gasteiger partial charge on any atom is -0.493 e. The molecular weight excluding hydrogens is 428 g/mol. The number of piperazine rings is 1. The molecule has 3 rings (SSSR count). The fourth-order valence-corrected chi connectivity index (χ4v) is 4.48. The largest absolute Gasteiger partial charge is 0.493 e. The van der Waals surface area contributed by atoms with Gasteiger partial charge in [-0.05, 0) is 71.9 Å². The molecule has 1 aliphatic heterocycles. The molecule has 1 saturated heterocycles. The van der Waals surface area contributed by atoms with Crippen molar-refractivity contribution in [2.75, 3.05) is 53.0 Å². The highest BCUT2D eigenvalue weighted by Crippen LogP contribution is 2.36. The predicted molar refractivity (Wildman–Crippen MR) is 123 cm³/mol. The molecule has 2 aromatic rings. The molecule has 29 heavy (non-hydrogen) atoms. The van der Waals surface area contributed by atoms with Gasteiger partial charge in [0.05, 0.1) is 18.2 Å². The summed E-state index contributed by atoms with van der Waals surface area (Å²) in [5.41, 5.74) is 2.73. The van der Waals surface area contributed by atoms with E-state index in [1.807, 2.05) is 6.92 Å². The Morgan fingerprint density at radius 1 is 0.897 bits per heavy atom. The zero-order chi connectivity index (χ0) is 20.5. The van der Waals surface area contributed by atoms with Gasteiger partial charge in [0.15, 0.2) is 11.5 Å². The van der Waals surface area contributed by atoms with Crippen molar-refractivity contribution in [3.05, 3.63) is 58.1 Å². The van der Waals surface area contributed by atoms with Crippen molar-refractivity contribution in [2.24, 2.45) is 0 Å². The van der Waals surface area contributed by atoms with Gasteiger partial charge in [0, 0.05) is 32.7 Å². The van der Waals surface area contributed by atoms with E-state index in [0.717, 1.165) is 42.0 Å². The highest BCUT2D eigenvalue weighted by Gasteiger charge is 2.17. The lowest BCUT2D eigenvalue weighted by molar-refractivity contribution is 0.132. The quantitative estimate of drug-likeness (QED) is 0.515. The molecule has 2 aromatic carbocycles. The van der Waals surface area contributed by atoms with Gasteiger partial charge in [-0.25, -0.2) is 0 Å². The van der Waals surface area contributed by atoms with Crippen LogP contribution in [0.4, 0.5) is 0 Å². The Balaban J connectivity index is 1.40. The van der Waals surface area contributed by atoms with Crippen LogP contribution in [-0.4, -0.2) is 62.8 Å². The first-order valence-corrected chi connectivity index (χ1v) is 11.5. The molecule has 0 amide bonds. The van der Waals surface area contributed by atoms with Gasteiger partial charge in [0.25, 0.3) is 0 Å².